The van der Waals surface area contributed by atoms with Crippen molar-refractivity contribution in [3.63, 3.8) is 0 Å². The highest BCUT2D eigenvalue weighted by molar-refractivity contribution is 5.36. The van der Waals surface area contributed by atoms with Gasteiger partial charge in [0, 0.05) is 7.05 Å². The van der Waals surface area contributed by atoms with Crippen molar-refractivity contribution in [3.05, 3.63) is 42.4 Å². The number of aromatic nitrogens is 2. The second-order valence-corrected chi connectivity index (χ2v) is 3.29. The van der Waals surface area contributed by atoms with Crippen LogP contribution in [-0.2, 0) is 7.05 Å². The van der Waals surface area contributed by atoms with Gasteiger partial charge in [0.1, 0.15) is 5.82 Å². The molecule has 0 saturated carbocycles. The molecular formula is C11H12N4. The normalized spacial score (nSPS) is 11.1. The molecule has 0 bridgehead atoms. The zero-order valence-corrected chi connectivity index (χ0v) is 8.75. The zero-order chi connectivity index (χ0) is 10.7. The van der Waals surface area contributed by atoms with Crippen LogP contribution in [0.25, 0.3) is 0 Å². The van der Waals surface area contributed by atoms with E-state index < -0.39 is 0 Å². The molecule has 0 atom stereocenters. The summed E-state index contributed by atoms with van der Waals surface area (Å²) < 4.78 is 1.92. The molecule has 2 rings (SSSR count). The average molecular weight is 200 g/mol. The summed E-state index contributed by atoms with van der Waals surface area (Å²) in [6, 6.07) is 9.61. The Morgan fingerprint density at radius 3 is 2.47 bits per heavy atom. The highest BCUT2D eigenvalue weighted by Crippen LogP contribution is 2.16. The minimum Gasteiger partial charge on any atom is -0.336 e. The van der Waals surface area contributed by atoms with Gasteiger partial charge >= 0.3 is 0 Å². The molecule has 0 fully saturated rings. The van der Waals surface area contributed by atoms with E-state index in [1.807, 2.05) is 55.1 Å². The van der Waals surface area contributed by atoms with E-state index in [9.17, 15) is 0 Å². The Morgan fingerprint density at radius 1 is 1.13 bits per heavy atom. The van der Waals surface area contributed by atoms with E-state index >= 15 is 0 Å². The van der Waals surface area contributed by atoms with Gasteiger partial charge in [0.05, 0.1) is 11.9 Å². The highest BCUT2D eigenvalue weighted by Gasteiger charge is 1.98. The quantitative estimate of drug-likeness (QED) is 0.686. The maximum absolute atomic E-state index is 4.23. The predicted octanol–water partition coefficient (Wildman–Crippen LogP) is 3.14. The first-order chi connectivity index (χ1) is 7.25. The van der Waals surface area contributed by atoms with Crippen molar-refractivity contribution in [1.29, 1.82) is 0 Å². The lowest BCUT2D eigenvalue weighted by Crippen LogP contribution is -1.86. The molecule has 0 N–H and O–H groups in total. The Balaban J connectivity index is 2.19. The fraction of sp³-hybridized carbons (Fsp3) is 0.182. The third-order valence-corrected chi connectivity index (χ3v) is 2.12. The van der Waals surface area contributed by atoms with Crippen LogP contribution in [0.5, 0.6) is 0 Å². The first-order valence-electron chi connectivity index (χ1n) is 4.72. The minimum atomic E-state index is 0.638. The van der Waals surface area contributed by atoms with Crippen LogP contribution in [0.1, 0.15) is 5.82 Å². The topological polar surface area (TPSA) is 42.5 Å². The van der Waals surface area contributed by atoms with Gasteiger partial charge in [0.15, 0.2) is 5.82 Å². The minimum absolute atomic E-state index is 0.638. The van der Waals surface area contributed by atoms with Crippen molar-refractivity contribution in [2.75, 3.05) is 0 Å². The van der Waals surface area contributed by atoms with Gasteiger partial charge in [-0.25, -0.2) is 4.98 Å². The Bertz CT molecular complexity index is 451. The number of azo groups is 1. The maximum Gasteiger partial charge on any atom is 0.192 e. The van der Waals surface area contributed by atoms with Gasteiger partial charge < -0.3 is 4.57 Å². The molecule has 0 spiro atoms. The molecule has 4 nitrogen and oxygen atoms in total. The van der Waals surface area contributed by atoms with E-state index in [0.717, 1.165) is 11.5 Å². The Kier molecular flexibility index (Phi) is 2.58. The largest absolute Gasteiger partial charge is 0.336 e. The molecule has 15 heavy (non-hydrogen) atoms. The van der Waals surface area contributed by atoms with E-state index in [0.29, 0.717) is 5.82 Å². The lowest BCUT2D eigenvalue weighted by Gasteiger charge is -1.87. The Hall–Kier alpha value is -1.97. The smallest absolute Gasteiger partial charge is 0.192 e. The standard InChI is InChI=1S/C11H12N4/c1-9-12-11(8-15(9)2)14-13-10-6-4-3-5-7-10/h3-8H,1-2H3. The molecule has 1 heterocycles. The highest BCUT2D eigenvalue weighted by atomic mass is 15.2. The molecule has 76 valence electrons. The van der Waals surface area contributed by atoms with Crippen LogP contribution in [0, 0.1) is 6.92 Å². The summed E-state index contributed by atoms with van der Waals surface area (Å²) in [5.41, 5.74) is 0.834. The molecule has 2 aromatic rings. The summed E-state index contributed by atoms with van der Waals surface area (Å²) >= 11 is 0. The van der Waals surface area contributed by atoms with Gasteiger partial charge in [-0.05, 0) is 19.1 Å². The fourth-order valence-corrected chi connectivity index (χ4v) is 1.19. The van der Waals surface area contributed by atoms with Gasteiger partial charge in [0.25, 0.3) is 0 Å². The number of hydrogen-bond acceptors (Lipinski definition) is 3. The van der Waals surface area contributed by atoms with E-state index in [1.54, 1.807) is 0 Å². The number of rotatable bonds is 2. The Morgan fingerprint density at radius 2 is 1.87 bits per heavy atom. The zero-order valence-electron chi connectivity index (χ0n) is 8.75. The monoisotopic (exact) mass is 200 g/mol. The second kappa shape index (κ2) is 4.04. The maximum atomic E-state index is 4.23. The Labute approximate surface area is 88.3 Å². The molecule has 4 heteroatoms. The number of imidazole rings is 1. The summed E-state index contributed by atoms with van der Waals surface area (Å²) in [7, 11) is 1.93. The third-order valence-electron chi connectivity index (χ3n) is 2.12. The second-order valence-electron chi connectivity index (χ2n) is 3.29. The van der Waals surface area contributed by atoms with Crippen molar-refractivity contribution < 1.29 is 0 Å². The van der Waals surface area contributed by atoms with Crippen molar-refractivity contribution in [2.45, 2.75) is 6.92 Å². The van der Waals surface area contributed by atoms with E-state index in [1.165, 1.54) is 0 Å². The van der Waals surface area contributed by atoms with Crippen LogP contribution in [0.4, 0.5) is 11.5 Å². The van der Waals surface area contributed by atoms with Gasteiger partial charge in [0.2, 0.25) is 0 Å². The summed E-state index contributed by atoms with van der Waals surface area (Å²) in [5.74, 6) is 1.57. The molecule has 0 aliphatic rings. The fourth-order valence-electron chi connectivity index (χ4n) is 1.19. The summed E-state index contributed by atoms with van der Waals surface area (Å²) in [4.78, 5) is 4.23. The van der Waals surface area contributed by atoms with Crippen LogP contribution in [0.2, 0.25) is 0 Å². The van der Waals surface area contributed by atoms with Gasteiger partial charge in [-0.15, -0.1) is 10.2 Å². The first kappa shape index (κ1) is 9.58. The van der Waals surface area contributed by atoms with Crippen molar-refractivity contribution in [2.24, 2.45) is 17.3 Å². The lowest BCUT2D eigenvalue weighted by molar-refractivity contribution is 0.858. The SMILES string of the molecule is Cc1nc(N=Nc2ccccc2)cn1C. The van der Waals surface area contributed by atoms with Crippen molar-refractivity contribution in [3.8, 4) is 0 Å². The molecule has 0 aliphatic heterocycles. The molecule has 0 aliphatic carbocycles. The molecule has 1 aromatic heterocycles. The van der Waals surface area contributed by atoms with E-state index in [2.05, 4.69) is 15.2 Å². The van der Waals surface area contributed by atoms with Crippen LogP contribution in [0.15, 0.2) is 46.8 Å². The molecule has 0 amide bonds. The van der Waals surface area contributed by atoms with E-state index in [4.69, 9.17) is 0 Å². The summed E-state index contributed by atoms with van der Waals surface area (Å²) in [6.07, 6.45) is 1.85. The molecular weight excluding hydrogens is 188 g/mol. The van der Waals surface area contributed by atoms with Crippen molar-refractivity contribution in [1.82, 2.24) is 9.55 Å². The van der Waals surface area contributed by atoms with Crippen LogP contribution < -0.4 is 0 Å². The predicted molar refractivity (Wildman–Crippen MR) is 58.6 cm³/mol. The molecule has 1 aromatic carbocycles. The first-order valence-corrected chi connectivity index (χ1v) is 4.72. The summed E-state index contributed by atoms with van der Waals surface area (Å²) in [6.45, 7) is 1.93. The van der Waals surface area contributed by atoms with Crippen LogP contribution >= 0.6 is 0 Å². The average Bonchev–Trinajstić information content (AvgIpc) is 2.57. The van der Waals surface area contributed by atoms with Crippen LogP contribution in [0.3, 0.4) is 0 Å². The van der Waals surface area contributed by atoms with Gasteiger partial charge in [-0.3, -0.25) is 0 Å². The lowest BCUT2D eigenvalue weighted by atomic mass is 10.3. The van der Waals surface area contributed by atoms with Gasteiger partial charge in [-0.1, -0.05) is 18.2 Å². The number of hydrogen-bond donors (Lipinski definition) is 0. The molecule has 0 unspecified atom stereocenters. The number of aryl methyl sites for hydroxylation is 2. The third kappa shape index (κ3) is 2.28. The number of nitrogens with zero attached hydrogens (tertiary/aromatic N) is 4. The van der Waals surface area contributed by atoms with Crippen molar-refractivity contribution >= 4 is 11.5 Å². The van der Waals surface area contributed by atoms with Crippen LogP contribution in [-0.4, -0.2) is 9.55 Å². The number of benzene rings is 1. The molecule has 0 saturated heterocycles. The molecule has 0 radical (unpaired) electrons. The van der Waals surface area contributed by atoms with Gasteiger partial charge in [-0.2, -0.15) is 0 Å². The van der Waals surface area contributed by atoms with E-state index in [-0.39, 0.29) is 0 Å². The summed E-state index contributed by atoms with van der Waals surface area (Å²) in [5, 5.41) is 8.13.